The zero-order chi connectivity index (χ0) is 13.9. The maximum Gasteiger partial charge on any atom is 0.128 e. The summed E-state index contributed by atoms with van der Waals surface area (Å²) in [6, 6.07) is 4.24. The van der Waals surface area contributed by atoms with Crippen LogP contribution in [0.2, 0.25) is 0 Å². The second kappa shape index (κ2) is 5.91. The average molecular weight is 261 g/mol. The van der Waals surface area contributed by atoms with Crippen molar-refractivity contribution in [3.05, 3.63) is 23.9 Å². The summed E-state index contributed by atoms with van der Waals surface area (Å²) in [5, 5.41) is 0. The van der Waals surface area contributed by atoms with E-state index < -0.39 is 0 Å². The van der Waals surface area contributed by atoms with Gasteiger partial charge in [0.05, 0.1) is 0 Å². The predicted molar refractivity (Wildman–Crippen MR) is 81.3 cm³/mol. The Hall–Kier alpha value is -1.09. The van der Waals surface area contributed by atoms with Crippen LogP contribution in [0.3, 0.4) is 0 Å². The number of pyridine rings is 1. The van der Waals surface area contributed by atoms with E-state index in [4.69, 9.17) is 5.73 Å². The molecule has 106 valence electrons. The van der Waals surface area contributed by atoms with Gasteiger partial charge >= 0.3 is 0 Å². The van der Waals surface area contributed by atoms with E-state index in [0.717, 1.165) is 18.9 Å². The van der Waals surface area contributed by atoms with Crippen LogP contribution < -0.4 is 10.6 Å². The highest BCUT2D eigenvalue weighted by molar-refractivity contribution is 5.42. The second-order valence-corrected chi connectivity index (χ2v) is 5.93. The summed E-state index contributed by atoms with van der Waals surface area (Å²) in [7, 11) is 0. The monoisotopic (exact) mass is 261 g/mol. The van der Waals surface area contributed by atoms with Crippen molar-refractivity contribution in [1.82, 2.24) is 4.98 Å². The van der Waals surface area contributed by atoms with Gasteiger partial charge in [-0.25, -0.2) is 4.98 Å². The van der Waals surface area contributed by atoms with Crippen LogP contribution in [0.4, 0.5) is 5.82 Å². The summed E-state index contributed by atoms with van der Waals surface area (Å²) in [6.45, 7) is 8.92. The lowest BCUT2D eigenvalue weighted by molar-refractivity contribution is 0.199. The van der Waals surface area contributed by atoms with Gasteiger partial charge in [-0.1, -0.05) is 26.7 Å². The number of nitrogens with zero attached hydrogens (tertiary/aromatic N) is 2. The fourth-order valence-electron chi connectivity index (χ4n) is 3.06. The average Bonchev–Trinajstić information content (AvgIpc) is 2.47. The van der Waals surface area contributed by atoms with Gasteiger partial charge in [-0.15, -0.1) is 0 Å². The minimum atomic E-state index is 0.0805. The van der Waals surface area contributed by atoms with Crippen LogP contribution in [0.15, 0.2) is 18.3 Å². The Labute approximate surface area is 117 Å². The molecule has 0 amide bonds. The molecule has 1 aromatic heterocycles. The minimum Gasteiger partial charge on any atom is -0.357 e. The van der Waals surface area contributed by atoms with Gasteiger partial charge in [0.25, 0.3) is 0 Å². The zero-order valence-electron chi connectivity index (χ0n) is 12.5. The van der Waals surface area contributed by atoms with Gasteiger partial charge in [0.1, 0.15) is 5.82 Å². The van der Waals surface area contributed by atoms with Gasteiger partial charge in [-0.3, -0.25) is 0 Å². The molecule has 0 spiro atoms. The lowest BCUT2D eigenvalue weighted by atomic mass is 9.74. The van der Waals surface area contributed by atoms with Crippen LogP contribution >= 0.6 is 0 Å². The van der Waals surface area contributed by atoms with Crippen molar-refractivity contribution >= 4 is 5.82 Å². The molecule has 2 rings (SSSR count). The number of hydrogen-bond acceptors (Lipinski definition) is 3. The standard InChI is InChI=1S/C16H27N3/c1-4-16(5-2)7-10-19(11-8-16)15-12-14(13(3)17)6-9-18-15/h6,9,12-13H,4-5,7-8,10-11,17H2,1-3H3/t13-/m0/s1. The molecule has 1 atom stereocenters. The third-order valence-electron chi connectivity index (χ3n) is 4.94. The van der Waals surface area contributed by atoms with Gasteiger partial charge in [0, 0.05) is 25.3 Å². The van der Waals surface area contributed by atoms with Crippen LogP contribution in [0.5, 0.6) is 0 Å². The van der Waals surface area contributed by atoms with E-state index >= 15 is 0 Å². The highest BCUT2D eigenvalue weighted by Crippen LogP contribution is 2.38. The Balaban J connectivity index is 2.07. The fraction of sp³-hybridized carbons (Fsp3) is 0.688. The molecular formula is C16H27N3. The lowest BCUT2D eigenvalue weighted by Gasteiger charge is -2.41. The summed E-state index contributed by atoms with van der Waals surface area (Å²) in [6.07, 6.45) is 7.04. The zero-order valence-corrected chi connectivity index (χ0v) is 12.5. The van der Waals surface area contributed by atoms with E-state index in [0.29, 0.717) is 5.41 Å². The fourth-order valence-corrected chi connectivity index (χ4v) is 3.06. The molecule has 0 bridgehead atoms. The van der Waals surface area contributed by atoms with Crippen molar-refractivity contribution < 1.29 is 0 Å². The van der Waals surface area contributed by atoms with Gasteiger partial charge in [0.15, 0.2) is 0 Å². The van der Waals surface area contributed by atoms with Gasteiger partial charge in [0.2, 0.25) is 0 Å². The molecule has 1 saturated heterocycles. The summed E-state index contributed by atoms with van der Waals surface area (Å²) in [5.74, 6) is 1.09. The highest BCUT2D eigenvalue weighted by atomic mass is 15.2. The van der Waals surface area contributed by atoms with Crippen molar-refractivity contribution in [2.24, 2.45) is 11.1 Å². The smallest absolute Gasteiger partial charge is 0.128 e. The van der Waals surface area contributed by atoms with Crippen LogP contribution in [0.25, 0.3) is 0 Å². The Morgan fingerprint density at radius 1 is 1.32 bits per heavy atom. The molecule has 0 saturated carbocycles. The van der Waals surface area contributed by atoms with Crippen LogP contribution in [0.1, 0.15) is 58.1 Å². The van der Waals surface area contributed by atoms with E-state index in [1.807, 2.05) is 19.2 Å². The quantitative estimate of drug-likeness (QED) is 0.902. The van der Waals surface area contributed by atoms with Crippen LogP contribution in [-0.4, -0.2) is 18.1 Å². The van der Waals surface area contributed by atoms with Gasteiger partial charge in [-0.05, 0) is 42.9 Å². The largest absolute Gasteiger partial charge is 0.357 e. The predicted octanol–water partition coefficient (Wildman–Crippen LogP) is 3.51. The number of anilines is 1. The first kappa shape index (κ1) is 14.3. The molecule has 1 fully saturated rings. The van der Waals surface area contributed by atoms with Gasteiger partial charge < -0.3 is 10.6 Å². The van der Waals surface area contributed by atoms with Crippen molar-refractivity contribution in [3.8, 4) is 0 Å². The molecule has 0 radical (unpaired) electrons. The van der Waals surface area contributed by atoms with Crippen molar-refractivity contribution in [3.63, 3.8) is 0 Å². The van der Waals surface area contributed by atoms with E-state index in [2.05, 4.69) is 29.8 Å². The minimum absolute atomic E-state index is 0.0805. The molecule has 2 N–H and O–H groups in total. The lowest BCUT2D eigenvalue weighted by Crippen LogP contribution is -2.40. The topological polar surface area (TPSA) is 42.1 Å². The van der Waals surface area contributed by atoms with Crippen molar-refractivity contribution in [2.45, 2.75) is 52.5 Å². The molecule has 19 heavy (non-hydrogen) atoms. The molecule has 2 heterocycles. The number of nitrogens with two attached hydrogens (primary N) is 1. The van der Waals surface area contributed by atoms with Gasteiger partial charge in [-0.2, -0.15) is 0 Å². The Kier molecular flexibility index (Phi) is 4.46. The molecule has 0 aromatic carbocycles. The maximum atomic E-state index is 5.95. The third kappa shape index (κ3) is 3.08. The van der Waals surface area contributed by atoms with E-state index in [1.54, 1.807) is 0 Å². The first-order valence-electron chi connectivity index (χ1n) is 7.57. The highest BCUT2D eigenvalue weighted by Gasteiger charge is 2.31. The van der Waals surface area contributed by atoms with E-state index in [-0.39, 0.29) is 6.04 Å². The summed E-state index contributed by atoms with van der Waals surface area (Å²) < 4.78 is 0. The Morgan fingerprint density at radius 2 is 1.95 bits per heavy atom. The number of rotatable bonds is 4. The normalized spacial score (nSPS) is 20.3. The first-order valence-corrected chi connectivity index (χ1v) is 7.57. The Bertz CT molecular complexity index is 400. The third-order valence-corrected chi connectivity index (χ3v) is 4.94. The summed E-state index contributed by atoms with van der Waals surface area (Å²) in [4.78, 5) is 6.93. The van der Waals surface area contributed by atoms with Crippen LogP contribution in [0, 0.1) is 5.41 Å². The van der Waals surface area contributed by atoms with Crippen molar-refractivity contribution in [2.75, 3.05) is 18.0 Å². The van der Waals surface area contributed by atoms with Crippen molar-refractivity contribution in [1.29, 1.82) is 0 Å². The molecule has 3 heteroatoms. The molecule has 1 aromatic rings. The Morgan fingerprint density at radius 3 is 2.47 bits per heavy atom. The van der Waals surface area contributed by atoms with Crippen LogP contribution in [-0.2, 0) is 0 Å². The molecular weight excluding hydrogens is 234 g/mol. The number of hydrogen-bond donors (Lipinski definition) is 1. The van der Waals surface area contributed by atoms with E-state index in [1.165, 1.54) is 31.2 Å². The van der Waals surface area contributed by atoms with E-state index in [9.17, 15) is 0 Å². The molecule has 3 nitrogen and oxygen atoms in total. The first-order chi connectivity index (χ1) is 9.10. The molecule has 1 aliphatic heterocycles. The summed E-state index contributed by atoms with van der Waals surface area (Å²) >= 11 is 0. The number of piperidine rings is 1. The summed E-state index contributed by atoms with van der Waals surface area (Å²) in [5.41, 5.74) is 7.69. The molecule has 0 unspecified atom stereocenters. The number of aromatic nitrogens is 1. The second-order valence-electron chi connectivity index (χ2n) is 5.93. The maximum absolute atomic E-state index is 5.95. The molecule has 1 aliphatic rings. The SMILES string of the molecule is CCC1(CC)CCN(c2cc([C@H](C)N)ccn2)CC1. The molecule has 0 aliphatic carbocycles.